The molecule has 0 radical (unpaired) electrons. The molecule has 2 aliphatic heterocycles. The van der Waals surface area contributed by atoms with Gasteiger partial charge in [0.1, 0.15) is 17.6 Å². The Hall–Kier alpha value is -2.98. The van der Waals surface area contributed by atoms with Crippen molar-refractivity contribution in [1.29, 1.82) is 0 Å². The van der Waals surface area contributed by atoms with E-state index in [0.717, 1.165) is 11.3 Å². The molecule has 4 rings (SSSR count). The van der Waals surface area contributed by atoms with Gasteiger partial charge in [-0.15, -0.1) is 0 Å². The molecule has 1 amide bonds. The molecule has 9 heteroatoms. The Kier molecular flexibility index (Phi) is 9.51. The highest BCUT2D eigenvalue weighted by molar-refractivity contribution is 6.74. The van der Waals surface area contributed by atoms with Crippen molar-refractivity contribution < 1.29 is 33.0 Å². The minimum absolute atomic E-state index is 0.130. The SMILES string of the molecule is COc1ccc(C[C@H]2[C@H](O[Si](C)(C)C(C)(C)C)C(=O)C=C(CCC3OCCO3)N2C(=O)Oc2ccccc2)cc1. The molecule has 0 aliphatic carbocycles. The molecule has 2 aromatic rings. The molecule has 1 saturated heterocycles. The van der Waals surface area contributed by atoms with Crippen molar-refractivity contribution in [1.82, 2.24) is 4.90 Å². The number of nitrogens with zero attached hydrogens (tertiary/aromatic N) is 1. The largest absolute Gasteiger partial charge is 0.497 e. The number of amides is 1. The van der Waals surface area contributed by atoms with Crippen molar-refractivity contribution in [2.75, 3.05) is 20.3 Å². The smallest absolute Gasteiger partial charge is 0.419 e. The zero-order chi connectivity index (χ0) is 28.9. The third-order valence-corrected chi connectivity index (χ3v) is 12.3. The number of hydrogen-bond acceptors (Lipinski definition) is 7. The number of hydrogen-bond donors (Lipinski definition) is 0. The fourth-order valence-corrected chi connectivity index (χ4v) is 5.87. The Bertz CT molecular complexity index is 1180. The van der Waals surface area contributed by atoms with Crippen molar-refractivity contribution in [2.45, 2.75) is 76.6 Å². The second-order valence-corrected chi connectivity index (χ2v) is 16.5. The lowest BCUT2D eigenvalue weighted by atomic mass is 9.92. The normalized spacial score (nSPS) is 20.4. The summed E-state index contributed by atoms with van der Waals surface area (Å²) in [4.78, 5) is 29.3. The number of para-hydroxylation sites is 1. The van der Waals surface area contributed by atoms with Gasteiger partial charge in [0.05, 0.1) is 26.4 Å². The van der Waals surface area contributed by atoms with E-state index in [9.17, 15) is 9.59 Å². The van der Waals surface area contributed by atoms with E-state index in [1.54, 1.807) is 30.2 Å². The summed E-state index contributed by atoms with van der Waals surface area (Å²) in [5, 5.41) is -0.130. The maximum Gasteiger partial charge on any atom is 0.419 e. The fraction of sp³-hybridized carbons (Fsp3) is 0.484. The lowest BCUT2D eigenvalue weighted by Gasteiger charge is -2.45. The summed E-state index contributed by atoms with van der Waals surface area (Å²) in [7, 11) is -0.778. The highest BCUT2D eigenvalue weighted by atomic mass is 28.4. The van der Waals surface area contributed by atoms with Crippen LogP contribution in [0.1, 0.15) is 39.2 Å². The summed E-state index contributed by atoms with van der Waals surface area (Å²) in [5.74, 6) is 1.02. The number of carbonyl (C=O) groups is 2. The van der Waals surface area contributed by atoms with Crippen LogP contribution in [0.4, 0.5) is 4.79 Å². The molecule has 0 N–H and O–H groups in total. The van der Waals surface area contributed by atoms with Crippen molar-refractivity contribution in [3.05, 3.63) is 71.9 Å². The molecule has 2 heterocycles. The summed E-state index contributed by atoms with van der Waals surface area (Å²) in [6, 6.07) is 16.0. The molecule has 2 aliphatic rings. The highest BCUT2D eigenvalue weighted by Crippen LogP contribution is 2.40. The van der Waals surface area contributed by atoms with E-state index >= 15 is 0 Å². The van der Waals surface area contributed by atoms with Gasteiger partial charge < -0.3 is 23.4 Å². The van der Waals surface area contributed by atoms with E-state index < -0.39 is 26.6 Å². The van der Waals surface area contributed by atoms with Crippen molar-refractivity contribution >= 4 is 20.2 Å². The van der Waals surface area contributed by atoms with Gasteiger partial charge in [-0.3, -0.25) is 9.69 Å². The molecule has 0 aromatic heterocycles. The van der Waals surface area contributed by atoms with Crippen molar-refractivity contribution in [3.8, 4) is 11.5 Å². The quantitative estimate of drug-likeness (QED) is 0.338. The van der Waals surface area contributed by atoms with Crippen LogP contribution in [0.3, 0.4) is 0 Å². The topological polar surface area (TPSA) is 83.5 Å². The van der Waals surface area contributed by atoms with Gasteiger partial charge in [-0.1, -0.05) is 51.1 Å². The summed E-state index contributed by atoms with van der Waals surface area (Å²) in [5.41, 5.74) is 1.52. The maximum absolute atomic E-state index is 13.9. The molecule has 0 saturated carbocycles. The van der Waals surface area contributed by atoms with E-state index in [1.165, 1.54) is 0 Å². The van der Waals surface area contributed by atoms with Crippen LogP contribution < -0.4 is 9.47 Å². The minimum atomic E-state index is -2.40. The van der Waals surface area contributed by atoms with Gasteiger partial charge in [-0.05, 0) is 60.8 Å². The average molecular weight is 568 g/mol. The van der Waals surface area contributed by atoms with Gasteiger partial charge in [0.25, 0.3) is 0 Å². The molecular weight excluding hydrogens is 526 g/mol. The van der Waals surface area contributed by atoms with Crippen LogP contribution in [-0.2, 0) is 25.1 Å². The number of carbonyl (C=O) groups excluding carboxylic acids is 2. The van der Waals surface area contributed by atoms with Crippen molar-refractivity contribution in [2.24, 2.45) is 0 Å². The lowest BCUT2D eigenvalue weighted by Crippen LogP contribution is -2.59. The van der Waals surface area contributed by atoms with Crippen LogP contribution in [0.2, 0.25) is 18.1 Å². The summed E-state index contributed by atoms with van der Waals surface area (Å²) < 4.78 is 29.2. The van der Waals surface area contributed by atoms with E-state index in [4.69, 9.17) is 23.4 Å². The first-order valence-electron chi connectivity index (χ1n) is 13.8. The number of rotatable bonds is 9. The average Bonchev–Trinajstić information content (AvgIpc) is 3.43. The Morgan fingerprint density at radius 2 is 1.65 bits per heavy atom. The van der Waals surface area contributed by atoms with Gasteiger partial charge >= 0.3 is 6.09 Å². The molecule has 2 aromatic carbocycles. The third-order valence-electron chi connectivity index (χ3n) is 7.88. The zero-order valence-electron chi connectivity index (χ0n) is 24.3. The fourth-order valence-electron chi connectivity index (χ4n) is 4.61. The van der Waals surface area contributed by atoms with Gasteiger partial charge in [-0.2, -0.15) is 0 Å². The van der Waals surface area contributed by atoms with E-state index in [1.807, 2.05) is 42.5 Å². The lowest BCUT2D eigenvalue weighted by molar-refractivity contribution is -0.125. The molecule has 2 atom stereocenters. The van der Waals surface area contributed by atoms with Crippen LogP contribution in [-0.4, -0.2) is 63.9 Å². The highest BCUT2D eigenvalue weighted by Gasteiger charge is 2.47. The zero-order valence-corrected chi connectivity index (χ0v) is 25.3. The molecule has 1 fully saturated rings. The maximum atomic E-state index is 13.9. The van der Waals surface area contributed by atoms with Crippen LogP contribution >= 0.6 is 0 Å². The number of ketones is 1. The molecule has 8 nitrogen and oxygen atoms in total. The number of benzene rings is 2. The van der Waals surface area contributed by atoms with Crippen LogP contribution in [0.5, 0.6) is 11.5 Å². The van der Waals surface area contributed by atoms with Gasteiger partial charge in [0, 0.05) is 18.2 Å². The molecule has 0 unspecified atom stereocenters. The van der Waals surface area contributed by atoms with Gasteiger partial charge in [0.15, 0.2) is 20.4 Å². The Balaban J connectivity index is 1.73. The first-order chi connectivity index (χ1) is 19.0. The number of allylic oxidation sites excluding steroid dienone is 1. The van der Waals surface area contributed by atoms with Gasteiger partial charge in [-0.25, -0.2) is 4.79 Å². The Morgan fingerprint density at radius 3 is 2.25 bits per heavy atom. The predicted molar refractivity (Wildman–Crippen MR) is 155 cm³/mol. The van der Waals surface area contributed by atoms with E-state index in [2.05, 4.69) is 33.9 Å². The summed E-state index contributed by atoms with van der Waals surface area (Å²) in [6.45, 7) is 11.7. The Labute approximate surface area is 238 Å². The van der Waals surface area contributed by atoms with E-state index in [0.29, 0.717) is 43.9 Å². The van der Waals surface area contributed by atoms with Crippen LogP contribution in [0.15, 0.2) is 66.4 Å². The molecule has 216 valence electrons. The van der Waals surface area contributed by atoms with E-state index in [-0.39, 0.29) is 17.1 Å². The first-order valence-corrected chi connectivity index (χ1v) is 16.7. The molecule has 0 spiro atoms. The standard InChI is InChI=1S/C31H41NO7Si/c1-31(2,3)40(5,6)39-29-26(20-22-12-15-24(35-4)16-13-22)32(30(34)38-25-10-8-7-9-11-25)23(21-27(29)33)14-17-28-36-18-19-37-28/h7-13,15-16,21,26,28-29H,14,17-20H2,1-6H3/t26-,29-/m0/s1. The predicted octanol–water partition coefficient (Wildman–Crippen LogP) is 6.12. The third kappa shape index (κ3) is 7.20. The second kappa shape index (κ2) is 12.7. The monoisotopic (exact) mass is 567 g/mol. The van der Waals surface area contributed by atoms with Crippen molar-refractivity contribution in [3.63, 3.8) is 0 Å². The van der Waals surface area contributed by atoms with Gasteiger partial charge in [0.2, 0.25) is 0 Å². The Morgan fingerprint density at radius 1 is 1.00 bits per heavy atom. The van der Waals surface area contributed by atoms with Crippen LogP contribution in [0, 0.1) is 0 Å². The first kappa shape index (κ1) is 30.0. The summed E-state index contributed by atoms with van der Waals surface area (Å²) in [6.07, 6.45) is 1.10. The summed E-state index contributed by atoms with van der Waals surface area (Å²) >= 11 is 0. The minimum Gasteiger partial charge on any atom is -0.497 e. The number of ether oxygens (including phenoxy) is 4. The molecular formula is C31H41NO7Si. The number of methoxy groups -OCH3 is 1. The molecule has 0 bridgehead atoms. The molecule has 40 heavy (non-hydrogen) atoms. The second-order valence-electron chi connectivity index (χ2n) is 11.7. The van der Waals surface area contributed by atoms with Crippen LogP contribution in [0.25, 0.3) is 0 Å².